The zero-order valence-corrected chi connectivity index (χ0v) is 14.9. The summed E-state index contributed by atoms with van der Waals surface area (Å²) in [7, 11) is 0. The van der Waals surface area contributed by atoms with Crippen LogP contribution < -0.4 is 4.74 Å². The fraction of sp³-hybridized carbons (Fsp3) is 0.588. The minimum Gasteiger partial charge on any atom is -0.480 e. The van der Waals surface area contributed by atoms with E-state index in [-0.39, 0.29) is 23.4 Å². The Labute approximate surface area is 151 Å². The molecule has 0 aromatic heterocycles. The van der Waals surface area contributed by atoms with Gasteiger partial charge in [-0.05, 0) is 50.2 Å². The van der Waals surface area contributed by atoms with Crippen LogP contribution in [0.1, 0.15) is 25.3 Å². The number of rotatable bonds is 8. The number of benzene rings is 1. The predicted molar refractivity (Wildman–Crippen MR) is 91.3 cm³/mol. The Balaban J connectivity index is 1.87. The van der Waals surface area contributed by atoms with Crippen molar-refractivity contribution in [1.29, 1.82) is 0 Å². The molecule has 0 aliphatic carbocycles. The third-order valence-electron chi connectivity index (χ3n) is 4.44. The molecule has 5 nitrogen and oxygen atoms in total. The summed E-state index contributed by atoms with van der Waals surface area (Å²) in [4.78, 5) is 15.2. The van der Waals surface area contributed by atoms with Crippen LogP contribution in [-0.4, -0.2) is 59.7 Å². The van der Waals surface area contributed by atoms with Crippen molar-refractivity contribution in [3.63, 3.8) is 0 Å². The molecular formula is C17H23ClF2N2O3. The second kappa shape index (κ2) is 9.31. The maximum atomic E-state index is 12.3. The first-order chi connectivity index (χ1) is 11.9. The molecule has 0 atom stereocenters. The Hall–Kier alpha value is -1.44. The molecule has 1 heterocycles. The van der Waals surface area contributed by atoms with Crippen LogP contribution in [0.2, 0.25) is 5.02 Å². The maximum Gasteiger partial charge on any atom is 0.387 e. The third kappa shape index (κ3) is 6.09. The molecule has 1 aromatic carbocycles. The Morgan fingerprint density at radius 3 is 2.64 bits per heavy atom. The smallest absolute Gasteiger partial charge is 0.387 e. The largest absolute Gasteiger partial charge is 0.480 e. The number of hydrogen-bond acceptors (Lipinski definition) is 4. The molecule has 140 valence electrons. The second-order valence-corrected chi connectivity index (χ2v) is 6.51. The first-order valence-electron chi connectivity index (χ1n) is 8.30. The van der Waals surface area contributed by atoms with Gasteiger partial charge < -0.3 is 9.84 Å². The fourth-order valence-corrected chi connectivity index (χ4v) is 3.46. The normalized spacial score (nSPS) is 16.6. The van der Waals surface area contributed by atoms with Gasteiger partial charge in [0.2, 0.25) is 0 Å². The van der Waals surface area contributed by atoms with E-state index in [2.05, 4.69) is 9.64 Å². The van der Waals surface area contributed by atoms with Gasteiger partial charge in [0.05, 0.1) is 11.6 Å². The lowest BCUT2D eigenvalue weighted by Crippen LogP contribution is -2.46. The van der Waals surface area contributed by atoms with E-state index in [0.29, 0.717) is 6.54 Å². The Morgan fingerprint density at radius 2 is 2.12 bits per heavy atom. The highest BCUT2D eigenvalue weighted by Crippen LogP contribution is 2.28. The highest BCUT2D eigenvalue weighted by atomic mass is 35.5. The van der Waals surface area contributed by atoms with Crippen LogP contribution >= 0.6 is 11.6 Å². The number of ether oxygens (including phenoxy) is 1. The summed E-state index contributed by atoms with van der Waals surface area (Å²) in [5, 5.41) is 9.15. The van der Waals surface area contributed by atoms with Crippen LogP contribution in [0, 0.1) is 0 Å². The molecule has 25 heavy (non-hydrogen) atoms. The van der Waals surface area contributed by atoms with Gasteiger partial charge in [-0.3, -0.25) is 14.6 Å². The van der Waals surface area contributed by atoms with Gasteiger partial charge >= 0.3 is 12.6 Å². The zero-order chi connectivity index (χ0) is 18.4. The summed E-state index contributed by atoms with van der Waals surface area (Å²) in [6.45, 7) is 2.25. The van der Waals surface area contributed by atoms with Crippen LogP contribution in [0.25, 0.3) is 0 Å². The number of halogens is 3. The van der Waals surface area contributed by atoms with Crippen molar-refractivity contribution in [1.82, 2.24) is 9.80 Å². The van der Waals surface area contributed by atoms with Gasteiger partial charge in [-0.1, -0.05) is 24.6 Å². The van der Waals surface area contributed by atoms with E-state index in [1.807, 2.05) is 11.8 Å². The molecule has 0 radical (unpaired) electrons. The quantitative estimate of drug-likeness (QED) is 0.754. The average Bonchev–Trinajstić information content (AvgIpc) is 2.55. The topological polar surface area (TPSA) is 53.0 Å². The van der Waals surface area contributed by atoms with Crippen LogP contribution in [0.4, 0.5) is 8.78 Å². The van der Waals surface area contributed by atoms with E-state index in [1.54, 1.807) is 12.1 Å². The van der Waals surface area contributed by atoms with E-state index in [0.717, 1.165) is 38.0 Å². The first kappa shape index (κ1) is 19.9. The highest BCUT2D eigenvalue weighted by Gasteiger charge is 2.25. The van der Waals surface area contributed by atoms with Crippen molar-refractivity contribution < 1.29 is 23.4 Å². The van der Waals surface area contributed by atoms with E-state index >= 15 is 0 Å². The van der Waals surface area contributed by atoms with Gasteiger partial charge in [-0.2, -0.15) is 8.78 Å². The number of alkyl halides is 2. The summed E-state index contributed by atoms with van der Waals surface area (Å²) in [6, 6.07) is 5.12. The standard InChI is InChI=1S/C17H23ClF2N2O3/c1-2-22(11-16(23)24)13-5-7-21(8-6-13)10-12-3-4-15(14(18)9-12)25-17(19)20/h3-4,9,13,17H,2,5-8,10-11H2,1H3,(H,23,24). The number of carboxylic acids is 1. The molecule has 1 aromatic rings. The van der Waals surface area contributed by atoms with Gasteiger partial charge in [0.25, 0.3) is 0 Å². The molecule has 1 N–H and O–H groups in total. The van der Waals surface area contributed by atoms with E-state index in [9.17, 15) is 13.6 Å². The number of likely N-dealkylation sites (tertiary alicyclic amines) is 1. The van der Waals surface area contributed by atoms with Crippen molar-refractivity contribution in [3.05, 3.63) is 28.8 Å². The predicted octanol–water partition coefficient (Wildman–Crippen LogP) is 3.31. The van der Waals surface area contributed by atoms with E-state index in [1.165, 1.54) is 6.07 Å². The number of carbonyl (C=O) groups is 1. The SMILES string of the molecule is CCN(CC(=O)O)C1CCN(Cc2ccc(OC(F)F)c(Cl)c2)CC1. The summed E-state index contributed by atoms with van der Waals surface area (Å²) in [6.07, 6.45) is 1.81. The summed E-state index contributed by atoms with van der Waals surface area (Å²) in [5.41, 5.74) is 0.933. The molecule has 8 heteroatoms. The Kier molecular flexibility index (Phi) is 7.40. The summed E-state index contributed by atoms with van der Waals surface area (Å²) in [5.74, 6) is -0.823. The summed E-state index contributed by atoms with van der Waals surface area (Å²) >= 11 is 5.98. The van der Waals surface area contributed by atoms with Gasteiger partial charge in [0, 0.05) is 12.6 Å². The van der Waals surface area contributed by atoms with Crippen LogP contribution in [0.15, 0.2) is 18.2 Å². The van der Waals surface area contributed by atoms with Crippen LogP contribution in [0.5, 0.6) is 5.75 Å². The molecule has 0 bridgehead atoms. The highest BCUT2D eigenvalue weighted by molar-refractivity contribution is 6.32. The molecule has 0 amide bonds. The monoisotopic (exact) mass is 376 g/mol. The van der Waals surface area contributed by atoms with Gasteiger partial charge in [-0.25, -0.2) is 0 Å². The first-order valence-corrected chi connectivity index (χ1v) is 8.68. The number of nitrogens with zero attached hydrogens (tertiary/aromatic N) is 2. The van der Waals surface area contributed by atoms with E-state index in [4.69, 9.17) is 16.7 Å². The molecule has 0 saturated carbocycles. The molecule has 1 saturated heterocycles. The number of likely N-dealkylation sites (N-methyl/N-ethyl adjacent to an activating group) is 1. The van der Waals surface area contributed by atoms with Gasteiger partial charge in [0.15, 0.2) is 0 Å². The molecular weight excluding hydrogens is 354 g/mol. The van der Waals surface area contributed by atoms with Crippen molar-refractivity contribution >= 4 is 17.6 Å². The lowest BCUT2D eigenvalue weighted by atomic mass is 10.0. The minimum atomic E-state index is -2.89. The van der Waals surface area contributed by atoms with Crippen LogP contribution in [-0.2, 0) is 11.3 Å². The molecule has 1 aliphatic rings. The third-order valence-corrected chi connectivity index (χ3v) is 4.73. The number of carboxylic acid groups (broad SMARTS) is 1. The van der Waals surface area contributed by atoms with Crippen molar-refractivity contribution in [2.45, 2.75) is 39.0 Å². The van der Waals surface area contributed by atoms with Crippen LogP contribution in [0.3, 0.4) is 0 Å². The Bertz CT molecular complexity index is 581. The average molecular weight is 377 g/mol. The minimum absolute atomic E-state index is 0.0219. The Morgan fingerprint density at radius 1 is 1.44 bits per heavy atom. The van der Waals surface area contributed by atoms with Crippen molar-refractivity contribution in [2.24, 2.45) is 0 Å². The van der Waals surface area contributed by atoms with E-state index < -0.39 is 12.6 Å². The zero-order valence-electron chi connectivity index (χ0n) is 14.1. The molecule has 0 spiro atoms. The second-order valence-electron chi connectivity index (χ2n) is 6.11. The lowest BCUT2D eigenvalue weighted by Gasteiger charge is -2.37. The van der Waals surface area contributed by atoms with Crippen molar-refractivity contribution in [2.75, 3.05) is 26.2 Å². The van der Waals surface area contributed by atoms with Gasteiger partial charge in [-0.15, -0.1) is 0 Å². The van der Waals surface area contributed by atoms with Gasteiger partial charge in [0.1, 0.15) is 5.75 Å². The lowest BCUT2D eigenvalue weighted by molar-refractivity contribution is -0.139. The molecule has 0 unspecified atom stereocenters. The molecule has 1 fully saturated rings. The molecule has 2 rings (SSSR count). The number of aliphatic carboxylic acids is 1. The number of piperidine rings is 1. The fourth-order valence-electron chi connectivity index (χ4n) is 3.21. The maximum absolute atomic E-state index is 12.3. The van der Waals surface area contributed by atoms with Crippen molar-refractivity contribution in [3.8, 4) is 5.75 Å². The number of hydrogen-bond donors (Lipinski definition) is 1. The summed E-state index contributed by atoms with van der Waals surface area (Å²) < 4.78 is 28.9. The molecule has 1 aliphatic heterocycles.